The van der Waals surface area contributed by atoms with Gasteiger partial charge in [-0.25, -0.2) is 4.39 Å². The van der Waals surface area contributed by atoms with Crippen molar-refractivity contribution >= 4 is 11.8 Å². The number of hydrogen-bond donors (Lipinski definition) is 2. The molecule has 3 rings (SSSR count). The van der Waals surface area contributed by atoms with E-state index in [0.29, 0.717) is 5.56 Å². The van der Waals surface area contributed by atoms with Gasteiger partial charge >= 0.3 is 0 Å². The normalized spacial score (nSPS) is 11.8. The van der Waals surface area contributed by atoms with E-state index in [1.165, 1.54) is 12.1 Å². The average molecular weight is 376 g/mol. The van der Waals surface area contributed by atoms with Crippen LogP contribution < -0.4 is 11.1 Å². The zero-order valence-corrected chi connectivity index (χ0v) is 15.2. The number of amides is 2. The Balaban J connectivity index is 1.89. The van der Waals surface area contributed by atoms with Gasteiger partial charge in [0.15, 0.2) is 0 Å². The van der Waals surface area contributed by atoms with Crippen LogP contribution in [-0.4, -0.2) is 17.9 Å². The van der Waals surface area contributed by atoms with Crippen LogP contribution >= 0.6 is 0 Å². The second-order valence-electron chi connectivity index (χ2n) is 6.55. The number of nitrogens with two attached hydrogens (primary N) is 1. The van der Waals surface area contributed by atoms with Crippen molar-refractivity contribution < 1.29 is 14.0 Å². The minimum atomic E-state index is -0.939. The molecule has 1 atom stereocenters. The van der Waals surface area contributed by atoms with Crippen LogP contribution in [-0.2, 0) is 16.0 Å². The number of primary amides is 1. The zero-order chi connectivity index (χ0) is 19.9. The van der Waals surface area contributed by atoms with Crippen LogP contribution in [0.5, 0.6) is 0 Å². The van der Waals surface area contributed by atoms with Crippen molar-refractivity contribution in [3.8, 4) is 0 Å². The number of halogens is 1. The van der Waals surface area contributed by atoms with E-state index in [1.54, 1.807) is 12.1 Å². The van der Waals surface area contributed by atoms with Crippen molar-refractivity contribution in [3.63, 3.8) is 0 Å². The molecule has 0 fully saturated rings. The lowest BCUT2D eigenvalue weighted by Crippen LogP contribution is -2.49. The molecule has 0 radical (unpaired) electrons. The first-order valence-electron chi connectivity index (χ1n) is 8.97. The van der Waals surface area contributed by atoms with Crippen LogP contribution in [0.1, 0.15) is 22.6 Å². The van der Waals surface area contributed by atoms with Crippen LogP contribution in [0.4, 0.5) is 4.39 Å². The third kappa shape index (κ3) is 4.82. The summed E-state index contributed by atoms with van der Waals surface area (Å²) in [5.74, 6) is -1.88. The molecule has 4 nitrogen and oxygen atoms in total. The van der Waals surface area contributed by atoms with E-state index < -0.39 is 29.6 Å². The third-order valence-corrected chi connectivity index (χ3v) is 4.53. The van der Waals surface area contributed by atoms with Gasteiger partial charge in [-0.3, -0.25) is 9.59 Å². The summed E-state index contributed by atoms with van der Waals surface area (Å²) in [7, 11) is 0. The van der Waals surface area contributed by atoms with Crippen LogP contribution in [0.15, 0.2) is 84.9 Å². The quantitative estimate of drug-likeness (QED) is 0.665. The fourth-order valence-corrected chi connectivity index (χ4v) is 3.27. The fourth-order valence-electron chi connectivity index (χ4n) is 3.27. The second kappa shape index (κ2) is 8.95. The predicted octanol–water partition coefficient (Wildman–Crippen LogP) is 3.17. The van der Waals surface area contributed by atoms with Gasteiger partial charge in [0.25, 0.3) is 0 Å². The summed E-state index contributed by atoms with van der Waals surface area (Å²) in [6, 6.07) is 23.7. The lowest BCUT2D eigenvalue weighted by atomic mass is 9.84. The predicted molar refractivity (Wildman–Crippen MR) is 106 cm³/mol. The third-order valence-electron chi connectivity index (χ3n) is 4.53. The Morgan fingerprint density at radius 3 is 1.93 bits per heavy atom. The molecule has 0 aliphatic heterocycles. The Hall–Kier alpha value is -3.47. The summed E-state index contributed by atoms with van der Waals surface area (Å²) in [5, 5.41) is 2.75. The number of carbonyl (C=O) groups is 2. The molecule has 5 heteroatoms. The molecular formula is C23H21FN2O2. The van der Waals surface area contributed by atoms with Crippen molar-refractivity contribution in [3.05, 3.63) is 107 Å². The summed E-state index contributed by atoms with van der Waals surface area (Å²) in [6.45, 7) is 0. The van der Waals surface area contributed by atoms with Gasteiger partial charge in [0.05, 0.1) is 6.42 Å². The van der Waals surface area contributed by atoms with Gasteiger partial charge in [0.2, 0.25) is 11.8 Å². The van der Waals surface area contributed by atoms with E-state index in [-0.39, 0.29) is 6.42 Å². The second-order valence-corrected chi connectivity index (χ2v) is 6.55. The first-order valence-corrected chi connectivity index (χ1v) is 8.97. The molecule has 0 bridgehead atoms. The van der Waals surface area contributed by atoms with Gasteiger partial charge in [0, 0.05) is 5.92 Å². The van der Waals surface area contributed by atoms with Gasteiger partial charge in [-0.2, -0.15) is 0 Å². The van der Waals surface area contributed by atoms with E-state index in [4.69, 9.17) is 5.73 Å². The molecule has 0 aliphatic carbocycles. The fraction of sp³-hybridized carbons (Fsp3) is 0.130. The molecule has 2 amide bonds. The number of hydrogen-bond acceptors (Lipinski definition) is 2. The maximum Gasteiger partial charge on any atom is 0.240 e. The zero-order valence-electron chi connectivity index (χ0n) is 15.2. The smallest absolute Gasteiger partial charge is 0.240 e. The van der Waals surface area contributed by atoms with E-state index in [2.05, 4.69) is 5.32 Å². The number of nitrogens with one attached hydrogen (secondary N) is 1. The molecule has 0 aliphatic rings. The van der Waals surface area contributed by atoms with E-state index in [9.17, 15) is 14.0 Å². The van der Waals surface area contributed by atoms with E-state index in [0.717, 1.165) is 11.1 Å². The molecule has 142 valence electrons. The Kier molecular flexibility index (Phi) is 6.17. The lowest BCUT2D eigenvalue weighted by Gasteiger charge is -2.27. The van der Waals surface area contributed by atoms with Crippen LogP contribution in [0.2, 0.25) is 0 Å². The molecule has 0 saturated heterocycles. The molecule has 0 spiro atoms. The summed E-state index contributed by atoms with van der Waals surface area (Å²) in [4.78, 5) is 24.8. The van der Waals surface area contributed by atoms with Crippen molar-refractivity contribution in [1.82, 2.24) is 5.32 Å². The molecule has 0 unspecified atom stereocenters. The first-order chi connectivity index (χ1) is 13.5. The first kappa shape index (κ1) is 19.3. The van der Waals surface area contributed by atoms with Crippen molar-refractivity contribution in [2.24, 2.45) is 5.73 Å². The molecule has 3 aromatic rings. The summed E-state index contributed by atoms with van der Waals surface area (Å²) >= 11 is 0. The average Bonchev–Trinajstić information content (AvgIpc) is 2.69. The Bertz CT molecular complexity index is 906. The van der Waals surface area contributed by atoms with Crippen LogP contribution in [0.3, 0.4) is 0 Å². The van der Waals surface area contributed by atoms with Crippen LogP contribution in [0, 0.1) is 5.82 Å². The monoisotopic (exact) mass is 376 g/mol. The van der Waals surface area contributed by atoms with Gasteiger partial charge in [-0.1, -0.05) is 72.8 Å². The SMILES string of the molecule is NC(=O)[C@@H](NC(=O)Cc1cccc(F)c1)C(c1ccccc1)c1ccccc1. The minimum absolute atomic E-state index is 0.0438. The number of benzene rings is 3. The topological polar surface area (TPSA) is 72.2 Å². The molecule has 0 saturated carbocycles. The molecule has 3 aromatic carbocycles. The highest BCUT2D eigenvalue weighted by atomic mass is 19.1. The minimum Gasteiger partial charge on any atom is -0.368 e. The van der Waals surface area contributed by atoms with E-state index >= 15 is 0 Å². The highest BCUT2D eigenvalue weighted by Gasteiger charge is 2.30. The van der Waals surface area contributed by atoms with Crippen molar-refractivity contribution in [2.75, 3.05) is 0 Å². The molecule has 0 heterocycles. The number of carbonyl (C=O) groups excluding carboxylic acids is 2. The van der Waals surface area contributed by atoms with Crippen molar-refractivity contribution in [2.45, 2.75) is 18.4 Å². The maximum atomic E-state index is 13.4. The molecular weight excluding hydrogens is 355 g/mol. The summed E-state index contributed by atoms with van der Waals surface area (Å²) < 4.78 is 13.4. The standard InChI is InChI=1S/C23H21FN2O2/c24-19-13-7-8-16(14-19)15-20(27)26-22(23(25)28)21(17-9-3-1-4-10-17)18-11-5-2-6-12-18/h1-14,21-22H,15H2,(H2,25,28)(H,26,27)/t22-/m0/s1. The summed E-state index contributed by atoms with van der Waals surface area (Å²) in [6.07, 6.45) is -0.0438. The van der Waals surface area contributed by atoms with Gasteiger partial charge in [-0.05, 0) is 28.8 Å². The molecule has 28 heavy (non-hydrogen) atoms. The lowest BCUT2D eigenvalue weighted by molar-refractivity contribution is -0.127. The summed E-state index contributed by atoms with van der Waals surface area (Å²) in [5.41, 5.74) is 7.92. The highest BCUT2D eigenvalue weighted by Crippen LogP contribution is 2.28. The van der Waals surface area contributed by atoms with Gasteiger partial charge in [0.1, 0.15) is 11.9 Å². The van der Waals surface area contributed by atoms with E-state index in [1.807, 2.05) is 60.7 Å². The van der Waals surface area contributed by atoms with Gasteiger partial charge < -0.3 is 11.1 Å². The molecule has 3 N–H and O–H groups in total. The Morgan fingerprint density at radius 2 is 1.43 bits per heavy atom. The maximum absolute atomic E-state index is 13.4. The van der Waals surface area contributed by atoms with Crippen molar-refractivity contribution in [1.29, 1.82) is 0 Å². The largest absolute Gasteiger partial charge is 0.368 e. The number of rotatable bonds is 7. The molecule has 0 aromatic heterocycles. The van der Waals surface area contributed by atoms with Gasteiger partial charge in [-0.15, -0.1) is 0 Å². The Morgan fingerprint density at radius 1 is 0.857 bits per heavy atom. The highest BCUT2D eigenvalue weighted by molar-refractivity contribution is 5.88. The van der Waals surface area contributed by atoms with Crippen LogP contribution in [0.25, 0.3) is 0 Å². The Labute approximate surface area is 163 Å².